The molecule has 0 amide bonds. The van der Waals surface area contributed by atoms with Gasteiger partial charge in [-0.1, -0.05) is 42.1 Å². The van der Waals surface area contributed by atoms with E-state index in [-0.39, 0.29) is 0 Å². The average Bonchev–Trinajstić information content (AvgIpc) is 2.16. The Morgan fingerprint density at radius 2 is 2.08 bits per heavy atom. The number of benzene rings is 1. The average molecular weight is 201 g/mol. The molecule has 0 saturated carbocycles. The van der Waals surface area contributed by atoms with Gasteiger partial charge in [0.1, 0.15) is 0 Å². The highest BCUT2D eigenvalue weighted by molar-refractivity contribution is 8.13. The van der Waals surface area contributed by atoms with E-state index in [1.165, 1.54) is 17.3 Å². The van der Waals surface area contributed by atoms with Crippen LogP contribution in [0.3, 0.4) is 0 Å². The van der Waals surface area contributed by atoms with Crippen molar-refractivity contribution in [1.82, 2.24) is 0 Å². The monoisotopic (exact) mass is 200 g/mol. The lowest BCUT2D eigenvalue weighted by atomic mass is 10.2. The van der Waals surface area contributed by atoms with Crippen molar-refractivity contribution in [2.24, 2.45) is 10.2 Å². The van der Waals surface area contributed by atoms with E-state index >= 15 is 0 Å². The first-order chi connectivity index (χ1) is 5.83. The second-order valence-electron chi connectivity index (χ2n) is 2.20. The number of halogens is 1. The van der Waals surface area contributed by atoms with Crippen molar-refractivity contribution >= 4 is 28.7 Å². The van der Waals surface area contributed by atoms with Crippen molar-refractivity contribution in [3.05, 3.63) is 35.9 Å². The number of amidine groups is 1. The van der Waals surface area contributed by atoms with E-state index in [4.69, 9.17) is 17.5 Å². The van der Waals surface area contributed by atoms with Gasteiger partial charge in [-0.2, -0.15) is 4.51 Å². The fraction of sp³-hybridized carbons (Fsp3) is 0.125. The summed E-state index contributed by atoms with van der Waals surface area (Å²) >= 11 is 6.59. The maximum absolute atomic E-state index is 5.40. The van der Waals surface area contributed by atoms with Gasteiger partial charge in [-0.05, 0) is 5.56 Å². The van der Waals surface area contributed by atoms with E-state index < -0.39 is 0 Å². The fourth-order valence-corrected chi connectivity index (χ4v) is 1.46. The van der Waals surface area contributed by atoms with Gasteiger partial charge in [0.2, 0.25) is 0 Å². The molecule has 1 aromatic rings. The molecular formula is C8H9ClN2S. The van der Waals surface area contributed by atoms with E-state index in [0.717, 1.165) is 5.75 Å². The molecule has 2 nitrogen and oxygen atoms in total. The smallest absolute Gasteiger partial charge is 0.172 e. The van der Waals surface area contributed by atoms with Crippen LogP contribution in [0.1, 0.15) is 5.56 Å². The van der Waals surface area contributed by atoms with Crippen molar-refractivity contribution in [2.45, 2.75) is 5.75 Å². The van der Waals surface area contributed by atoms with Gasteiger partial charge in [-0.3, -0.25) is 0 Å². The molecule has 1 aromatic carbocycles. The molecule has 0 aromatic heterocycles. The number of thioether (sulfide) groups is 1. The van der Waals surface area contributed by atoms with Crippen LogP contribution in [0.15, 0.2) is 34.8 Å². The summed E-state index contributed by atoms with van der Waals surface area (Å²) in [4.78, 5) is 0. The SMILES string of the molecule is NC(=NCl)SCc1ccccc1. The molecule has 0 aliphatic carbocycles. The van der Waals surface area contributed by atoms with Gasteiger partial charge in [0, 0.05) is 17.5 Å². The molecule has 2 N–H and O–H groups in total. The first-order valence-electron chi connectivity index (χ1n) is 3.44. The molecule has 0 heterocycles. The van der Waals surface area contributed by atoms with Gasteiger partial charge in [-0.25, -0.2) is 0 Å². The fourth-order valence-electron chi connectivity index (χ4n) is 0.756. The van der Waals surface area contributed by atoms with Crippen LogP contribution in [0.4, 0.5) is 0 Å². The van der Waals surface area contributed by atoms with Crippen LogP contribution < -0.4 is 5.73 Å². The summed E-state index contributed by atoms with van der Waals surface area (Å²) in [6.45, 7) is 0. The van der Waals surface area contributed by atoms with Crippen LogP contribution in [0.25, 0.3) is 0 Å². The predicted molar refractivity (Wildman–Crippen MR) is 55.2 cm³/mol. The predicted octanol–water partition coefficient (Wildman–Crippen LogP) is 2.39. The Hall–Kier alpha value is -0.670. The highest BCUT2D eigenvalue weighted by Gasteiger charge is 1.94. The Morgan fingerprint density at radius 3 is 2.67 bits per heavy atom. The van der Waals surface area contributed by atoms with Crippen molar-refractivity contribution in [3.63, 3.8) is 0 Å². The molecule has 0 saturated heterocycles. The topological polar surface area (TPSA) is 38.4 Å². The Morgan fingerprint density at radius 1 is 1.42 bits per heavy atom. The molecule has 12 heavy (non-hydrogen) atoms. The van der Waals surface area contributed by atoms with Gasteiger partial charge in [0.25, 0.3) is 0 Å². The Bertz CT molecular complexity index is 261. The molecule has 0 spiro atoms. The maximum atomic E-state index is 5.40. The summed E-state index contributed by atoms with van der Waals surface area (Å²) < 4.78 is 3.33. The quantitative estimate of drug-likeness (QED) is 0.588. The standard InChI is InChI=1S/C8H9ClN2S/c9-11-8(10)12-6-7-4-2-1-3-5-7/h1-5H,6H2,(H2,10,11). The first kappa shape index (κ1) is 9.42. The third-order valence-corrected chi connectivity index (χ3v) is 2.46. The van der Waals surface area contributed by atoms with E-state index in [1.807, 2.05) is 30.3 Å². The molecule has 0 aliphatic rings. The summed E-state index contributed by atoms with van der Waals surface area (Å²) in [6.07, 6.45) is 0. The molecular weight excluding hydrogens is 192 g/mol. The molecule has 0 fully saturated rings. The first-order valence-corrected chi connectivity index (χ1v) is 4.76. The third kappa shape index (κ3) is 3.15. The van der Waals surface area contributed by atoms with Crippen molar-refractivity contribution in [2.75, 3.05) is 0 Å². The number of hydrogen-bond acceptors (Lipinski definition) is 2. The maximum Gasteiger partial charge on any atom is 0.172 e. The minimum Gasteiger partial charge on any atom is -0.377 e. The molecule has 0 unspecified atom stereocenters. The van der Waals surface area contributed by atoms with Gasteiger partial charge in [0.15, 0.2) is 5.17 Å². The van der Waals surface area contributed by atoms with Crippen molar-refractivity contribution < 1.29 is 0 Å². The van der Waals surface area contributed by atoms with Crippen molar-refractivity contribution in [3.8, 4) is 0 Å². The molecule has 0 aliphatic heterocycles. The molecule has 0 atom stereocenters. The zero-order valence-electron chi connectivity index (χ0n) is 6.40. The second-order valence-corrected chi connectivity index (χ2v) is 3.36. The number of nitrogens with zero attached hydrogens (tertiary/aromatic N) is 1. The Balaban J connectivity index is 2.44. The molecule has 4 heteroatoms. The molecule has 0 bridgehead atoms. The summed E-state index contributed by atoms with van der Waals surface area (Å²) in [7, 11) is 0. The van der Waals surface area contributed by atoms with Gasteiger partial charge >= 0.3 is 0 Å². The van der Waals surface area contributed by atoms with Gasteiger partial charge in [-0.15, -0.1) is 0 Å². The Kier molecular flexibility index (Phi) is 3.97. The summed E-state index contributed by atoms with van der Waals surface area (Å²) in [5, 5.41) is 0.403. The number of nitrogens with two attached hydrogens (primary N) is 1. The number of hydrogen-bond donors (Lipinski definition) is 1. The van der Waals surface area contributed by atoms with Crippen LogP contribution >= 0.6 is 23.5 Å². The lowest BCUT2D eigenvalue weighted by Crippen LogP contribution is -2.04. The minimum absolute atomic E-state index is 0.403. The summed E-state index contributed by atoms with van der Waals surface area (Å²) in [5.74, 6) is 0.808. The van der Waals surface area contributed by atoms with E-state index in [1.54, 1.807) is 0 Å². The zero-order valence-corrected chi connectivity index (χ0v) is 7.98. The molecule has 64 valence electrons. The van der Waals surface area contributed by atoms with E-state index in [9.17, 15) is 0 Å². The number of rotatable bonds is 2. The van der Waals surface area contributed by atoms with E-state index in [0.29, 0.717) is 5.17 Å². The normalized spacial score (nSPS) is 11.6. The summed E-state index contributed by atoms with van der Waals surface area (Å²) in [6, 6.07) is 10.0. The highest BCUT2D eigenvalue weighted by Crippen LogP contribution is 2.11. The van der Waals surface area contributed by atoms with Crippen LogP contribution in [0.2, 0.25) is 0 Å². The lowest BCUT2D eigenvalue weighted by Gasteiger charge is -1.98. The largest absolute Gasteiger partial charge is 0.377 e. The minimum atomic E-state index is 0.403. The Labute approximate surface area is 80.9 Å². The zero-order chi connectivity index (χ0) is 8.81. The van der Waals surface area contributed by atoms with Crippen LogP contribution in [0, 0.1) is 0 Å². The lowest BCUT2D eigenvalue weighted by molar-refractivity contribution is 1.42. The molecule has 0 radical (unpaired) electrons. The van der Waals surface area contributed by atoms with Crippen LogP contribution in [0.5, 0.6) is 0 Å². The summed E-state index contributed by atoms with van der Waals surface area (Å²) in [5.41, 5.74) is 6.62. The second kappa shape index (κ2) is 5.06. The molecule has 1 rings (SSSR count). The van der Waals surface area contributed by atoms with Crippen LogP contribution in [-0.4, -0.2) is 5.17 Å². The van der Waals surface area contributed by atoms with Crippen LogP contribution in [-0.2, 0) is 5.75 Å². The van der Waals surface area contributed by atoms with Gasteiger partial charge < -0.3 is 5.73 Å². The van der Waals surface area contributed by atoms with Crippen molar-refractivity contribution in [1.29, 1.82) is 0 Å². The highest BCUT2D eigenvalue weighted by atomic mass is 35.5. The van der Waals surface area contributed by atoms with E-state index in [2.05, 4.69) is 4.51 Å². The van der Waals surface area contributed by atoms with Gasteiger partial charge in [0.05, 0.1) is 0 Å². The third-order valence-electron chi connectivity index (χ3n) is 1.31.